The van der Waals surface area contributed by atoms with Crippen LogP contribution in [0.25, 0.3) is 0 Å². The van der Waals surface area contributed by atoms with Gasteiger partial charge in [0.05, 0.1) is 0 Å². The van der Waals surface area contributed by atoms with E-state index in [0.717, 1.165) is 0 Å². The summed E-state index contributed by atoms with van der Waals surface area (Å²) in [6, 6.07) is 4.72. The Labute approximate surface area is 81.7 Å². The van der Waals surface area contributed by atoms with Crippen molar-refractivity contribution in [3.8, 4) is 0 Å². The van der Waals surface area contributed by atoms with Crippen molar-refractivity contribution in [3.05, 3.63) is 34.9 Å². The van der Waals surface area contributed by atoms with Gasteiger partial charge in [-0.25, -0.2) is 8.78 Å². The van der Waals surface area contributed by atoms with Crippen molar-refractivity contribution >= 4 is 5.78 Å². The SMILES string of the molecule is CCc1cccc(C(C)=O)c1C(F)F. The first-order valence-electron chi connectivity index (χ1n) is 4.48. The number of ketones is 1. The van der Waals surface area contributed by atoms with Gasteiger partial charge < -0.3 is 0 Å². The second kappa shape index (κ2) is 4.31. The summed E-state index contributed by atoms with van der Waals surface area (Å²) in [6.45, 7) is 3.10. The lowest BCUT2D eigenvalue weighted by Gasteiger charge is -2.10. The third-order valence-corrected chi connectivity index (χ3v) is 2.17. The van der Waals surface area contributed by atoms with Gasteiger partial charge in [-0.2, -0.15) is 0 Å². The Morgan fingerprint density at radius 3 is 2.50 bits per heavy atom. The maximum Gasteiger partial charge on any atom is 0.264 e. The number of carbonyl (C=O) groups is 1. The van der Waals surface area contributed by atoms with E-state index in [4.69, 9.17) is 0 Å². The number of hydrogen-bond donors (Lipinski definition) is 0. The fourth-order valence-electron chi connectivity index (χ4n) is 1.49. The van der Waals surface area contributed by atoms with Gasteiger partial charge in [-0.05, 0) is 18.9 Å². The molecule has 0 saturated carbocycles. The highest BCUT2D eigenvalue weighted by Crippen LogP contribution is 2.27. The summed E-state index contributed by atoms with van der Waals surface area (Å²) in [5.41, 5.74) is 0.578. The Balaban J connectivity index is 3.35. The van der Waals surface area contributed by atoms with Gasteiger partial charge in [-0.3, -0.25) is 4.79 Å². The van der Waals surface area contributed by atoms with Crippen molar-refractivity contribution in [2.75, 3.05) is 0 Å². The van der Waals surface area contributed by atoms with Gasteiger partial charge in [0, 0.05) is 11.1 Å². The lowest BCUT2D eigenvalue weighted by Crippen LogP contribution is -2.03. The van der Waals surface area contributed by atoms with Gasteiger partial charge in [-0.1, -0.05) is 25.1 Å². The van der Waals surface area contributed by atoms with E-state index in [9.17, 15) is 13.6 Å². The van der Waals surface area contributed by atoms with Crippen LogP contribution < -0.4 is 0 Å². The zero-order valence-electron chi connectivity index (χ0n) is 8.18. The number of hydrogen-bond acceptors (Lipinski definition) is 1. The van der Waals surface area contributed by atoms with Crippen molar-refractivity contribution in [1.82, 2.24) is 0 Å². The molecule has 1 aromatic rings. The largest absolute Gasteiger partial charge is 0.294 e. The van der Waals surface area contributed by atoms with Crippen LogP contribution in [-0.4, -0.2) is 5.78 Å². The second-order valence-corrected chi connectivity index (χ2v) is 3.09. The Hall–Kier alpha value is -1.25. The monoisotopic (exact) mass is 198 g/mol. The Kier molecular flexibility index (Phi) is 3.33. The molecule has 14 heavy (non-hydrogen) atoms. The van der Waals surface area contributed by atoms with E-state index in [1.165, 1.54) is 13.0 Å². The molecule has 0 saturated heterocycles. The third-order valence-electron chi connectivity index (χ3n) is 2.17. The fourth-order valence-corrected chi connectivity index (χ4v) is 1.49. The lowest BCUT2D eigenvalue weighted by molar-refractivity contribution is 0.0998. The number of alkyl halides is 2. The maximum absolute atomic E-state index is 12.7. The summed E-state index contributed by atoms with van der Waals surface area (Å²) in [7, 11) is 0. The first-order valence-corrected chi connectivity index (χ1v) is 4.48. The molecule has 0 heterocycles. The van der Waals surface area contributed by atoms with Crippen molar-refractivity contribution in [1.29, 1.82) is 0 Å². The maximum atomic E-state index is 12.7. The van der Waals surface area contributed by atoms with Gasteiger partial charge in [0.1, 0.15) is 0 Å². The average molecular weight is 198 g/mol. The lowest BCUT2D eigenvalue weighted by atomic mass is 9.97. The molecule has 0 atom stereocenters. The highest BCUT2D eigenvalue weighted by Gasteiger charge is 2.18. The molecule has 0 bridgehead atoms. The van der Waals surface area contributed by atoms with Gasteiger partial charge in [0.2, 0.25) is 0 Å². The fraction of sp³-hybridized carbons (Fsp3) is 0.364. The highest BCUT2D eigenvalue weighted by atomic mass is 19.3. The van der Waals surface area contributed by atoms with Crippen molar-refractivity contribution in [3.63, 3.8) is 0 Å². The zero-order chi connectivity index (χ0) is 10.7. The predicted molar refractivity (Wildman–Crippen MR) is 50.8 cm³/mol. The van der Waals surface area contributed by atoms with Crippen LogP contribution in [0.5, 0.6) is 0 Å². The average Bonchev–Trinajstić information content (AvgIpc) is 2.16. The first-order chi connectivity index (χ1) is 6.57. The van der Waals surface area contributed by atoms with Crippen molar-refractivity contribution < 1.29 is 13.6 Å². The summed E-state index contributed by atoms with van der Waals surface area (Å²) in [5.74, 6) is -0.310. The van der Waals surface area contributed by atoms with Crippen LogP contribution in [0.15, 0.2) is 18.2 Å². The molecule has 0 aliphatic carbocycles. The van der Waals surface area contributed by atoms with E-state index in [-0.39, 0.29) is 16.9 Å². The van der Waals surface area contributed by atoms with Crippen LogP contribution in [0.2, 0.25) is 0 Å². The Bertz CT molecular complexity index is 345. The van der Waals surface area contributed by atoms with Crippen LogP contribution >= 0.6 is 0 Å². The normalized spacial score (nSPS) is 10.6. The van der Waals surface area contributed by atoms with Gasteiger partial charge >= 0.3 is 0 Å². The van der Waals surface area contributed by atoms with Crippen molar-refractivity contribution in [2.45, 2.75) is 26.7 Å². The Morgan fingerprint density at radius 1 is 1.43 bits per heavy atom. The van der Waals surface area contributed by atoms with Crippen LogP contribution in [0.4, 0.5) is 8.78 Å². The summed E-state index contributed by atoms with van der Waals surface area (Å²) in [4.78, 5) is 11.1. The van der Waals surface area contributed by atoms with E-state index in [1.807, 2.05) is 0 Å². The second-order valence-electron chi connectivity index (χ2n) is 3.09. The molecule has 76 valence electrons. The number of benzene rings is 1. The predicted octanol–water partition coefficient (Wildman–Crippen LogP) is 3.39. The van der Waals surface area contributed by atoms with E-state index in [1.54, 1.807) is 19.1 Å². The van der Waals surface area contributed by atoms with Crippen LogP contribution in [0, 0.1) is 0 Å². The first kappa shape index (κ1) is 10.8. The molecule has 0 amide bonds. The molecule has 3 heteroatoms. The minimum absolute atomic E-state index is 0.109. The molecule has 0 unspecified atom stereocenters. The van der Waals surface area contributed by atoms with Crippen LogP contribution in [-0.2, 0) is 6.42 Å². The van der Waals surface area contributed by atoms with E-state index < -0.39 is 6.43 Å². The molecule has 1 nitrogen and oxygen atoms in total. The summed E-state index contributed by atoms with van der Waals surface area (Å²) < 4.78 is 25.4. The number of carbonyl (C=O) groups excluding carboxylic acids is 1. The minimum atomic E-state index is -2.58. The van der Waals surface area contributed by atoms with E-state index in [0.29, 0.717) is 12.0 Å². The third kappa shape index (κ3) is 1.97. The molecule has 0 N–H and O–H groups in total. The minimum Gasteiger partial charge on any atom is -0.294 e. The summed E-state index contributed by atoms with van der Waals surface area (Å²) in [6.07, 6.45) is -2.06. The van der Waals surface area contributed by atoms with Crippen LogP contribution in [0.1, 0.15) is 41.8 Å². The van der Waals surface area contributed by atoms with E-state index >= 15 is 0 Å². The Morgan fingerprint density at radius 2 is 2.07 bits per heavy atom. The van der Waals surface area contributed by atoms with Gasteiger partial charge in [-0.15, -0.1) is 0 Å². The highest BCUT2D eigenvalue weighted by molar-refractivity contribution is 5.96. The standard InChI is InChI=1S/C11H12F2O/c1-3-8-5-4-6-9(7(2)14)10(8)11(12)13/h4-6,11H,3H2,1-2H3. The van der Waals surface area contributed by atoms with Crippen LogP contribution in [0.3, 0.4) is 0 Å². The van der Waals surface area contributed by atoms with Gasteiger partial charge in [0.25, 0.3) is 6.43 Å². The number of rotatable bonds is 3. The molecule has 1 rings (SSSR count). The van der Waals surface area contributed by atoms with E-state index in [2.05, 4.69) is 0 Å². The summed E-state index contributed by atoms with van der Waals surface area (Å²) in [5, 5.41) is 0. The molecular formula is C11H12F2O. The topological polar surface area (TPSA) is 17.1 Å². The quantitative estimate of drug-likeness (QED) is 0.680. The van der Waals surface area contributed by atoms with Gasteiger partial charge in [0.15, 0.2) is 5.78 Å². The zero-order valence-corrected chi connectivity index (χ0v) is 8.18. The summed E-state index contributed by atoms with van der Waals surface area (Å²) >= 11 is 0. The molecule has 0 fully saturated rings. The molecule has 0 spiro atoms. The molecule has 1 aromatic carbocycles. The molecule has 0 aliphatic rings. The number of halogens is 2. The molecule has 0 aromatic heterocycles. The number of aryl methyl sites for hydroxylation is 1. The molecule has 0 radical (unpaired) electrons. The molecular weight excluding hydrogens is 186 g/mol. The smallest absolute Gasteiger partial charge is 0.264 e. The number of Topliss-reactive ketones (excluding diaryl/α,β-unsaturated/α-hetero) is 1. The van der Waals surface area contributed by atoms with Crippen molar-refractivity contribution in [2.24, 2.45) is 0 Å². The molecule has 0 aliphatic heterocycles.